The van der Waals surface area contributed by atoms with Crippen LogP contribution in [0.2, 0.25) is 0 Å². The van der Waals surface area contributed by atoms with Crippen LogP contribution in [0.5, 0.6) is 0 Å². The Labute approximate surface area is 156 Å². The number of aliphatic hydroxyl groups excluding tert-OH is 2. The molecule has 6 heteroatoms. The summed E-state index contributed by atoms with van der Waals surface area (Å²) < 4.78 is 5.52. The van der Waals surface area contributed by atoms with Crippen LogP contribution in [0.25, 0.3) is 0 Å². The number of carbonyl (C=O) groups is 3. The van der Waals surface area contributed by atoms with Crippen molar-refractivity contribution in [3.63, 3.8) is 0 Å². The number of Topliss-reactive ketones (excluding diaryl/α,β-unsaturated/α-hetero) is 2. The number of ether oxygens (including phenoxy) is 1. The summed E-state index contributed by atoms with van der Waals surface area (Å²) >= 11 is 0. The number of esters is 1. The van der Waals surface area contributed by atoms with Crippen molar-refractivity contribution in [2.24, 2.45) is 29.6 Å². The average molecular weight is 370 g/mol. The maximum absolute atomic E-state index is 12.5. The van der Waals surface area contributed by atoms with E-state index in [4.69, 9.17) is 4.74 Å². The predicted octanol–water partition coefficient (Wildman–Crippen LogP) is 2.14. The molecule has 8 atom stereocenters. The fourth-order valence-corrected chi connectivity index (χ4v) is 3.60. The lowest BCUT2D eigenvalue weighted by Crippen LogP contribution is -2.43. The molecule has 0 aliphatic carbocycles. The van der Waals surface area contributed by atoms with Gasteiger partial charge < -0.3 is 14.9 Å². The van der Waals surface area contributed by atoms with Gasteiger partial charge >= 0.3 is 5.97 Å². The lowest BCUT2D eigenvalue weighted by Gasteiger charge is -2.32. The van der Waals surface area contributed by atoms with Gasteiger partial charge in [0.2, 0.25) is 0 Å². The molecule has 0 bridgehead atoms. The second kappa shape index (κ2) is 9.60. The summed E-state index contributed by atoms with van der Waals surface area (Å²) in [6.07, 6.45) is -1.58. The van der Waals surface area contributed by atoms with Gasteiger partial charge in [0.1, 0.15) is 17.7 Å². The minimum atomic E-state index is -1.15. The zero-order valence-electron chi connectivity index (χ0n) is 16.8. The third-order valence-electron chi connectivity index (χ3n) is 5.97. The Kier molecular flexibility index (Phi) is 8.41. The van der Waals surface area contributed by atoms with Gasteiger partial charge in [-0.3, -0.25) is 14.4 Å². The monoisotopic (exact) mass is 370 g/mol. The fraction of sp³-hybridized carbons (Fsp3) is 0.850. The molecule has 0 aromatic rings. The summed E-state index contributed by atoms with van der Waals surface area (Å²) in [5.74, 6) is -3.84. The summed E-state index contributed by atoms with van der Waals surface area (Å²) in [4.78, 5) is 37.4. The standard InChI is InChI=1S/C20H34O6/c1-7-16-12(4)18(23)11(3)15(21)9-8-10(2)17(22)13(5)19(24)14(6)20(25)26-16/h10-14,16,18-19,23-24H,7-9H2,1-6H3/t10-,11-,12-,13+,14+,16+,18+,19-/m0/s1. The van der Waals surface area contributed by atoms with Crippen molar-refractivity contribution in [3.05, 3.63) is 0 Å². The maximum Gasteiger partial charge on any atom is 0.311 e. The first-order valence-electron chi connectivity index (χ1n) is 9.65. The van der Waals surface area contributed by atoms with E-state index in [1.165, 1.54) is 0 Å². The normalized spacial score (nSPS) is 41.5. The van der Waals surface area contributed by atoms with Crippen LogP contribution in [-0.4, -0.2) is 46.1 Å². The molecule has 0 radical (unpaired) electrons. The van der Waals surface area contributed by atoms with Crippen molar-refractivity contribution in [2.75, 3.05) is 0 Å². The van der Waals surface area contributed by atoms with Crippen LogP contribution in [0.3, 0.4) is 0 Å². The number of carbonyl (C=O) groups excluding carboxylic acids is 3. The topological polar surface area (TPSA) is 101 Å². The summed E-state index contributed by atoms with van der Waals surface area (Å²) in [6, 6.07) is 0. The van der Waals surface area contributed by atoms with Gasteiger partial charge in [0.15, 0.2) is 0 Å². The lowest BCUT2D eigenvalue weighted by atomic mass is 9.81. The molecule has 1 rings (SSSR count). The minimum Gasteiger partial charge on any atom is -0.462 e. The summed E-state index contributed by atoms with van der Waals surface area (Å²) in [7, 11) is 0. The molecule has 0 aromatic carbocycles. The molecular weight excluding hydrogens is 336 g/mol. The summed E-state index contributed by atoms with van der Waals surface area (Å²) in [6.45, 7) is 10.2. The Morgan fingerprint density at radius 2 is 1.50 bits per heavy atom. The first kappa shape index (κ1) is 22.8. The molecule has 1 aliphatic rings. The SMILES string of the molecule is CC[C@H]1OC(=O)[C@H](C)[C@@H](O)[C@H](C)C(=O)[C@@H](C)CCC(=O)[C@H](C)[C@@H](O)[C@H]1C. The molecule has 0 saturated carbocycles. The van der Waals surface area contributed by atoms with Crippen molar-refractivity contribution in [1.82, 2.24) is 0 Å². The molecule has 0 aromatic heterocycles. The molecule has 1 heterocycles. The van der Waals surface area contributed by atoms with Gasteiger partial charge in [0.05, 0.1) is 18.1 Å². The zero-order valence-corrected chi connectivity index (χ0v) is 16.8. The van der Waals surface area contributed by atoms with Crippen LogP contribution in [0.1, 0.15) is 60.8 Å². The van der Waals surface area contributed by atoms with Gasteiger partial charge in [-0.25, -0.2) is 0 Å². The van der Waals surface area contributed by atoms with E-state index in [9.17, 15) is 24.6 Å². The Hall–Kier alpha value is -1.27. The van der Waals surface area contributed by atoms with Crippen LogP contribution in [-0.2, 0) is 19.1 Å². The molecule has 0 unspecified atom stereocenters. The van der Waals surface area contributed by atoms with Crippen molar-refractivity contribution >= 4 is 17.5 Å². The number of aliphatic hydroxyl groups is 2. The van der Waals surface area contributed by atoms with Gasteiger partial charge in [-0.05, 0) is 19.8 Å². The molecule has 1 fully saturated rings. The first-order valence-corrected chi connectivity index (χ1v) is 9.65. The highest BCUT2D eigenvalue weighted by Gasteiger charge is 2.38. The number of cyclic esters (lactones) is 1. The molecule has 2 N–H and O–H groups in total. The van der Waals surface area contributed by atoms with E-state index in [1.807, 2.05) is 6.92 Å². The Balaban J connectivity index is 3.16. The number of rotatable bonds is 1. The smallest absolute Gasteiger partial charge is 0.311 e. The van der Waals surface area contributed by atoms with E-state index in [-0.39, 0.29) is 18.0 Å². The van der Waals surface area contributed by atoms with Gasteiger partial charge in [-0.15, -0.1) is 0 Å². The predicted molar refractivity (Wildman–Crippen MR) is 97.3 cm³/mol. The molecule has 26 heavy (non-hydrogen) atoms. The molecule has 150 valence electrons. The summed E-state index contributed by atoms with van der Waals surface area (Å²) in [5.41, 5.74) is 0. The number of hydrogen-bond acceptors (Lipinski definition) is 6. The van der Waals surface area contributed by atoms with Crippen LogP contribution >= 0.6 is 0 Å². The quantitative estimate of drug-likeness (QED) is 0.686. The first-order chi connectivity index (χ1) is 12.0. The molecule has 6 nitrogen and oxygen atoms in total. The lowest BCUT2D eigenvalue weighted by molar-refractivity contribution is -0.165. The van der Waals surface area contributed by atoms with E-state index in [1.54, 1.807) is 34.6 Å². The minimum absolute atomic E-state index is 0.108. The fourth-order valence-electron chi connectivity index (χ4n) is 3.60. The van der Waals surface area contributed by atoms with Crippen LogP contribution in [0.15, 0.2) is 0 Å². The second-order valence-electron chi connectivity index (χ2n) is 7.90. The van der Waals surface area contributed by atoms with Crippen LogP contribution in [0, 0.1) is 29.6 Å². The highest BCUT2D eigenvalue weighted by molar-refractivity contribution is 5.86. The largest absolute Gasteiger partial charge is 0.462 e. The highest BCUT2D eigenvalue weighted by atomic mass is 16.5. The molecule has 1 aliphatic heterocycles. The number of ketones is 2. The zero-order chi connectivity index (χ0) is 20.2. The van der Waals surface area contributed by atoms with Crippen molar-refractivity contribution in [3.8, 4) is 0 Å². The van der Waals surface area contributed by atoms with E-state index >= 15 is 0 Å². The van der Waals surface area contributed by atoms with E-state index < -0.39 is 53.9 Å². The van der Waals surface area contributed by atoms with Gasteiger partial charge in [0, 0.05) is 30.1 Å². The molecule has 1 saturated heterocycles. The second-order valence-corrected chi connectivity index (χ2v) is 7.90. The maximum atomic E-state index is 12.5. The van der Waals surface area contributed by atoms with Gasteiger partial charge in [-0.1, -0.05) is 34.6 Å². The van der Waals surface area contributed by atoms with Crippen molar-refractivity contribution in [2.45, 2.75) is 79.1 Å². The van der Waals surface area contributed by atoms with Crippen molar-refractivity contribution in [1.29, 1.82) is 0 Å². The molecular formula is C20H34O6. The summed E-state index contributed by atoms with van der Waals surface area (Å²) in [5, 5.41) is 21.0. The van der Waals surface area contributed by atoms with Crippen LogP contribution in [0.4, 0.5) is 0 Å². The Morgan fingerprint density at radius 1 is 0.923 bits per heavy atom. The van der Waals surface area contributed by atoms with E-state index in [0.29, 0.717) is 12.8 Å². The third-order valence-corrected chi connectivity index (χ3v) is 5.97. The van der Waals surface area contributed by atoms with Gasteiger partial charge in [0.25, 0.3) is 0 Å². The molecule has 0 amide bonds. The van der Waals surface area contributed by atoms with E-state index in [2.05, 4.69) is 0 Å². The average Bonchev–Trinajstić information content (AvgIpc) is 2.64. The number of hydrogen-bond donors (Lipinski definition) is 2. The Morgan fingerprint density at radius 3 is 2.04 bits per heavy atom. The van der Waals surface area contributed by atoms with Gasteiger partial charge in [-0.2, -0.15) is 0 Å². The molecule has 0 spiro atoms. The highest BCUT2D eigenvalue weighted by Crippen LogP contribution is 2.27. The van der Waals surface area contributed by atoms with E-state index in [0.717, 1.165) is 0 Å². The Bertz CT molecular complexity index is 516. The third kappa shape index (κ3) is 5.13. The van der Waals surface area contributed by atoms with Crippen LogP contribution < -0.4 is 0 Å². The van der Waals surface area contributed by atoms with Crippen molar-refractivity contribution < 1.29 is 29.3 Å².